The first kappa shape index (κ1) is 28.5. The second-order valence-electron chi connectivity index (χ2n) is 9.34. The second-order valence-corrected chi connectivity index (χ2v) is 10.3. The van der Waals surface area contributed by atoms with Crippen LogP contribution in [0.4, 0.5) is 5.69 Å². The quantitative estimate of drug-likeness (QED) is 0.163. The van der Waals surface area contributed by atoms with E-state index in [1.165, 1.54) is 35.1 Å². The molecule has 3 aromatic carbocycles. The molecular weight excluding hydrogens is 558 g/mol. The SMILES string of the molecule is CCOc1cc(C=c2sc3n(c2=O)C(c2ccccc2)C(C(=O)OC)=C(C)N=3)ccc1OCc1cccc([N+](=O)[O-])c1. The minimum atomic E-state index is -0.680. The zero-order chi connectivity index (χ0) is 29.8. The maximum Gasteiger partial charge on any atom is 0.338 e. The Morgan fingerprint density at radius 3 is 2.57 bits per heavy atom. The first-order valence-electron chi connectivity index (χ1n) is 13.1. The molecule has 5 rings (SSSR count). The predicted molar refractivity (Wildman–Crippen MR) is 157 cm³/mol. The normalized spacial score (nSPS) is 14.6. The average molecular weight is 586 g/mol. The molecule has 0 spiro atoms. The lowest BCUT2D eigenvalue weighted by molar-refractivity contribution is -0.384. The van der Waals surface area contributed by atoms with Crippen molar-refractivity contribution >= 4 is 29.1 Å². The number of rotatable bonds is 9. The van der Waals surface area contributed by atoms with Gasteiger partial charge >= 0.3 is 5.97 Å². The molecule has 2 heterocycles. The van der Waals surface area contributed by atoms with Gasteiger partial charge in [0.15, 0.2) is 16.3 Å². The van der Waals surface area contributed by atoms with Gasteiger partial charge in [0.05, 0.1) is 40.5 Å². The second kappa shape index (κ2) is 12.2. The van der Waals surface area contributed by atoms with Gasteiger partial charge in [0.2, 0.25) is 0 Å². The zero-order valence-corrected chi connectivity index (χ0v) is 23.9. The lowest BCUT2D eigenvalue weighted by atomic mass is 9.96. The number of benzene rings is 3. The van der Waals surface area contributed by atoms with E-state index in [4.69, 9.17) is 14.2 Å². The van der Waals surface area contributed by atoms with Crippen LogP contribution < -0.4 is 24.4 Å². The maximum atomic E-state index is 13.8. The number of ether oxygens (including phenoxy) is 3. The topological polar surface area (TPSA) is 122 Å². The maximum absolute atomic E-state index is 13.8. The predicted octanol–water partition coefficient (Wildman–Crippen LogP) is 4.29. The molecule has 0 saturated heterocycles. The number of carbonyl (C=O) groups excluding carboxylic acids is 1. The van der Waals surface area contributed by atoms with Gasteiger partial charge in [0.25, 0.3) is 11.2 Å². The molecule has 0 aliphatic carbocycles. The lowest BCUT2D eigenvalue weighted by Gasteiger charge is -2.24. The van der Waals surface area contributed by atoms with Gasteiger partial charge in [-0.05, 0) is 48.7 Å². The largest absolute Gasteiger partial charge is 0.490 e. The summed E-state index contributed by atoms with van der Waals surface area (Å²) in [5.74, 6) is 0.390. The van der Waals surface area contributed by atoms with Crippen LogP contribution in [0.5, 0.6) is 11.5 Å². The summed E-state index contributed by atoms with van der Waals surface area (Å²) in [6.07, 6.45) is 1.75. The molecule has 0 amide bonds. The van der Waals surface area contributed by atoms with Crippen molar-refractivity contribution in [1.82, 2.24) is 4.57 Å². The third kappa shape index (κ3) is 5.72. The summed E-state index contributed by atoms with van der Waals surface area (Å²) in [7, 11) is 1.31. The number of fused-ring (bicyclic) bond motifs is 1. The Kier molecular flexibility index (Phi) is 8.30. The number of non-ortho nitro benzene ring substituents is 1. The van der Waals surface area contributed by atoms with Crippen LogP contribution in [0.2, 0.25) is 0 Å². The number of nitrogens with zero attached hydrogens (tertiary/aromatic N) is 3. The number of nitro groups is 1. The highest BCUT2D eigenvalue weighted by Gasteiger charge is 2.32. The van der Waals surface area contributed by atoms with Crippen LogP contribution in [-0.4, -0.2) is 29.2 Å². The summed E-state index contributed by atoms with van der Waals surface area (Å²) in [5.41, 5.74) is 2.62. The van der Waals surface area contributed by atoms with Crippen molar-refractivity contribution in [3.8, 4) is 11.5 Å². The Morgan fingerprint density at radius 1 is 1.07 bits per heavy atom. The monoisotopic (exact) mass is 585 g/mol. The third-order valence-corrected chi connectivity index (χ3v) is 7.61. The van der Waals surface area contributed by atoms with Gasteiger partial charge in [0.1, 0.15) is 6.61 Å². The Bertz CT molecular complexity index is 1880. The molecule has 11 heteroatoms. The molecule has 0 bridgehead atoms. The van der Waals surface area contributed by atoms with Gasteiger partial charge < -0.3 is 14.2 Å². The smallest absolute Gasteiger partial charge is 0.338 e. The fourth-order valence-electron chi connectivity index (χ4n) is 4.72. The van der Waals surface area contributed by atoms with Crippen LogP contribution >= 0.6 is 11.3 Å². The molecule has 4 aromatic rings. The van der Waals surface area contributed by atoms with Gasteiger partial charge in [-0.2, -0.15) is 0 Å². The molecular formula is C31H27N3O7S. The van der Waals surface area contributed by atoms with Gasteiger partial charge in [-0.3, -0.25) is 19.5 Å². The molecule has 1 aliphatic rings. The van der Waals surface area contributed by atoms with Gasteiger partial charge in [-0.15, -0.1) is 0 Å². The van der Waals surface area contributed by atoms with Crippen molar-refractivity contribution in [1.29, 1.82) is 0 Å². The van der Waals surface area contributed by atoms with Crippen LogP contribution in [0.15, 0.2) is 93.9 Å². The van der Waals surface area contributed by atoms with E-state index >= 15 is 0 Å². The highest BCUT2D eigenvalue weighted by molar-refractivity contribution is 7.07. The molecule has 0 fully saturated rings. The number of carbonyl (C=O) groups is 1. The molecule has 0 radical (unpaired) electrons. The molecule has 214 valence electrons. The fourth-order valence-corrected chi connectivity index (χ4v) is 5.76. The summed E-state index contributed by atoms with van der Waals surface area (Å²) in [4.78, 5) is 42.3. The summed E-state index contributed by atoms with van der Waals surface area (Å²) >= 11 is 1.23. The Balaban J connectivity index is 1.52. The van der Waals surface area contributed by atoms with Crippen LogP contribution in [0, 0.1) is 10.1 Å². The first-order chi connectivity index (χ1) is 20.3. The number of nitro benzene ring substituents is 1. The van der Waals surface area contributed by atoms with Crippen LogP contribution in [0.3, 0.4) is 0 Å². The third-order valence-electron chi connectivity index (χ3n) is 6.62. The molecule has 1 aromatic heterocycles. The molecule has 1 atom stereocenters. The summed E-state index contributed by atoms with van der Waals surface area (Å²) < 4.78 is 18.8. The van der Waals surface area contributed by atoms with Crippen molar-refractivity contribution in [2.24, 2.45) is 4.99 Å². The van der Waals surface area contributed by atoms with Crippen molar-refractivity contribution in [3.63, 3.8) is 0 Å². The average Bonchev–Trinajstić information content (AvgIpc) is 3.30. The standard InChI is InChI=1S/C31H27N3O7S/c1-4-40-25-16-20(13-14-24(25)41-18-21-9-8-12-23(15-21)34(37)38)17-26-29(35)33-28(22-10-6-5-7-11-22)27(30(36)39-3)19(2)32-31(33)42-26/h5-17,28H,4,18H2,1-3H3. The van der Waals surface area contributed by atoms with Crippen molar-refractivity contribution in [2.45, 2.75) is 26.5 Å². The summed E-state index contributed by atoms with van der Waals surface area (Å²) in [6.45, 7) is 4.08. The molecule has 10 nitrogen and oxygen atoms in total. The number of hydrogen-bond donors (Lipinski definition) is 0. The van der Waals surface area contributed by atoms with E-state index < -0.39 is 16.9 Å². The minimum absolute atomic E-state index is 0.0126. The first-order valence-corrected chi connectivity index (χ1v) is 13.9. The summed E-state index contributed by atoms with van der Waals surface area (Å²) in [5, 5.41) is 11.1. The molecule has 0 N–H and O–H groups in total. The number of methoxy groups -OCH3 is 1. The number of allylic oxidation sites excluding steroid dienone is 1. The minimum Gasteiger partial charge on any atom is -0.490 e. The highest BCUT2D eigenvalue weighted by Crippen LogP contribution is 2.31. The van der Waals surface area contributed by atoms with E-state index in [1.54, 1.807) is 43.3 Å². The number of esters is 1. The zero-order valence-electron chi connectivity index (χ0n) is 23.1. The Morgan fingerprint density at radius 2 is 1.86 bits per heavy atom. The molecule has 42 heavy (non-hydrogen) atoms. The van der Waals surface area contributed by atoms with Crippen molar-refractivity contribution in [3.05, 3.63) is 131 Å². The van der Waals surface area contributed by atoms with E-state index in [2.05, 4.69) is 4.99 Å². The number of aromatic nitrogens is 1. The Labute approximate surface area is 244 Å². The fraction of sp³-hybridized carbons (Fsp3) is 0.194. The van der Waals surface area contributed by atoms with E-state index in [1.807, 2.05) is 37.3 Å². The number of hydrogen-bond acceptors (Lipinski definition) is 9. The van der Waals surface area contributed by atoms with E-state index in [0.717, 1.165) is 5.56 Å². The molecule has 1 aliphatic heterocycles. The van der Waals surface area contributed by atoms with Gasteiger partial charge in [-0.1, -0.05) is 59.9 Å². The highest BCUT2D eigenvalue weighted by atomic mass is 32.1. The van der Waals surface area contributed by atoms with Gasteiger partial charge in [0, 0.05) is 12.1 Å². The molecule has 1 unspecified atom stereocenters. The van der Waals surface area contributed by atoms with E-state index in [0.29, 0.717) is 49.8 Å². The molecule has 0 saturated carbocycles. The van der Waals surface area contributed by atoms with Crippen LogP contribution in [0.25, 0.3) is 6.08 Å². The summed E-state index contributed by atoms with van der Waals surface area (Å²) in [6, 6.07) is 20.2. The van der Waals surface area contributed by atoms with Crippen LogP contribution in [0.1, 0.15) is 36.6 Å². The van der Waals surface area contributed by atoms with Crippen LogP contribution in [-0.2, 0) is 16.1 Å². The van der Waals surface area contributed by atoms with E-state index in [9.17, 15) is 19.7 Å². The van der Waals surface area contributed by atoms with Gasteiger partial charge in [-0.25, -0.2) is 9.79 Å². The lowest BCUT2D eigenvalue weighted by Crippen LogP contribution is -2.39. The van der Waals surface area contributed by atoms with E-state index in [-0.39, 0.29) is 17.9 Å². The van der Waals surface area contributed by atoms with Crippen molar-refractivity contribution in [2.75, 3.05) is 13.7 Å². The number of thiazole rings is 1. The Hall–Kier alpha value is -5.03. The van der Waals surface area contributed by atoms with Crippen molar-refractivity contribution < 1.29 is 23.9 Å².